The van der Waals surface area contributed by atoms with Crippen LogP contribution in [-0.2, 0) is 0 Å². The van der Waals surface area contributed by atoms with Gasteiger partial charge in [0, 0.05) is 11.3 Å². The number of thioether (sulfide) groups is 2. The third-order valence-corrected chi connectivity index (χ3v) is 5.69. The van der Waals surface area contributed by atoms with Crippen molar-refractivity contribution in [1.82, 2.24) is 0 Å². The van der Waals surface area contributed by atoms with Gasteiger partial charge in [0.1, 0.15) is 0 Å². The fourth-order valence-corrected chi connectivity index (χ4v) is 4.03. The topological polar surface area (TPSA) is 0 Å². The summed E-state index contributed by atoms with van der Waals surface area (Å²) in [7, 11) is 0. The van der Waals surface area contributed by atoms with Gasteiger partial charge in [-0.25, -0.2) is 5.73 Å². The van der Waals surface area contributed by atoms with Crippen molar-refractivity contribution in [3.8, 4) is 12.3 Å². The summed E-state index contributed by atoms with van der Waals surface area (Å²) in [4.78, 5) is 1.32. The van der Waals surface area contributed by atoms with Crippen LogP contribution in [0.3, 0.4) is 0 Å². The van der Waals surface area contributed by atoms with Gasteiger partial charge in [-0.15, -0.1) is 24.1 Å². The third kappa shape index (κ3) is 11.2. The molecule has 0 aliphatic heterocycles. The molecule has 0 nitrogen and oxygen atoms in total. The Labute approximate surface area is 169 Å². The van der Waals surface area contributed by atoms with Crippen LogP contribution in [0.1, 0.15) is 57.1 Å². The second kappa shape index (κ2) is 16.1. The minimum absolute atomic E-state index is 0. The molecule has 0 spiro atoms. The molecule has 0 bridgehead atoms. The van der Waals surface area contributed by atoms with Crippen LogP contribution >= 0.6 is 23.5 Å². The summed E-state index contributed by atoms with van der Waals surface area (Å²) in [6, 6.07) is 7.91. The van der Waals surface area contributed by atoms with E-state index in [9.17, 15) is 0 Å². The average molecular weight is 351 g/mol. The largest absolute Gasteiger partial charge is 1.00 e. The van der Waals surface area contributed by atoms with Crippen molar-refractivity contribution in [3.63, 3.8) is 0 Å². The maximum absolute atomic E-state index is 5.38. The molecule has 0 amide bonds. The minimum Gasteiger partial charge on any atom is -0.212 e. The van der Waals surface area contributed by atoms with E-state index in [2.05, 4.69) is 43.3 Å². The molecule has 0 aromatic heterocycles. The van der Waals surface area contributed by atoms with Crippen LogP contribution in [0.5, 0.6) is 0 Å². The molecule has 0 unspecified atom stereocenters. The molecule has 124 valence electrons. The quantitative estimate of drug-likeness (QED) is 0.197. The first-order chi connectivity index (χ1) is 11.3. The van der Waals surface area contributed by atoms with Crippen LogP contribution in [-0.4, -0.2) is 17.3 Å². The number of hydrogen-bond acceptors (Lipinski definition) is 2. The molecule has 0 fully saturated rings. The molecule has 3 heteroatoms. The van der Waals surface area contributed by atoms with Crippen LogP contribution in [0, 0.1) is 18.4 Å². The van der Waals surface area contributed by atoms with Gasteiger partial charge in [-0.2, -0.15) is 23.5 Å². The number of allylic oxidation sites excluding steroid dienone is 1. The Morgan fingerprint density at radius 1 is 1.04 bits per heavy atom. The zero-order chi connectivity index (χ0) is 16.8. The monoisotopic (exact) mass is 350 g/mol. The van der Waals surface area contributed by atoms with Gasteiger partial charge in [0.2, 0.25) is 0 Å². The Balaban J connectivity index is 0.00000529. The average Bonchev–Trinajstić information content (AvgIpc) is 2.60. The Bertz CT molecular complexity index is 534. The number of hydrogen-bond donors (Lipinski definition) is 0. The van der Waals surface area contributed by atoms with E-state index in [4.69, 9.17) is 6.42 Å². The SMILES string of the molecule is C#Cc1ccc([C-]=C=C(CCCC)SCCSCCCC)cc1.[Li+]. The third-order valence-electron chi connectivity index (χ3n) is 3.30. The molecular weight excluding hydrogens is 323 g/mol. The minimum atomic E-state index is 0. The Kier molecular flexibility index (Phi) is 15.8. The van der Waals surface area contributed by atoms with Crippen LogP contribution in [0.25, 0.3) is 0 Å². The predicted octanol–water partition coefficient (Wildman–Crippen LogP) is 3.32. The van der Waals surface area contributed by atoms with Gasteiger partial charge in [0.15, 0.2) is 0 Å². The molecule has 0 atom stereocenters. The van der Waals surface area contributed by atoms with Gasteiger partial charge in [0.05, 0.1) is 0 Å². The predicted molar refractivity (Wildman–Crippen MR) is 108 cm³/mol. The zero-order valence-electron chi connectivity index (χ0n) is 15.4. The van der Waals surface area contributed by atoms with Crippen molar-refractivity contribution in [1.29, 1.82) is 0 Å². The van der Waals surface area contributed by atoms with E-state index in [1.165, 1.54) is 42.1 Å². The van der Waals surface area contributed by atoms with Crippen LogP contribution in [0.15, 0.2) is 34.9 Å². The molecule has 1 aromatic rings. The summed E-state index contributed by atoms with van der Waals surface area (Å²) in [5, 5.41) is 0. The smallest absolute Gasteiger partial charge is 0.212 e. The first-order valence-corrected chi connectivity index (χ1v) is 10.6. The van der Waals surface area contributed by atoms with Crippen molar-refractivity contribution in [3.05, 3.63) is 52.1 Å². The molecule has 0 saturated heterocycles. The summed E-state index contributed by atoms with van der Waals surface area (Å²) in [6.45, 7) is 4.48. The van der Waals surface area contributed by atoms with Gasteiger partial charge >= 0.3 is 18.9 Å². The van der Waals surface area contributed by atoms with E-state index < -0.39 is 0 Å². The number of rotatable bonds is 11. The first kappa shape index (κ1) is 23.6. The molecule has 1 rings (SSSR count). The van der Waals surface area contributed by atoms with E-state index in [0.717, 1.165) is 23.3 Å². The molecule has 24 heavy (non-hydrogen) atoms. The van der Waals surface area contributed by atoms with Crippen LogP contribution in [0.2, 0.25) is 0 Å². The van der Waals surface area contributed by atoms with E-state index in [0.29, 0.717) is 0 Å². The maximum atomic E-state index is 5.38. The van der Waals surface area contributed by atoms with Crippen LogP contribution < -0.4 is 18.9 Å². The molecule has 0 saturated carbocycles. The van der Waals surface area contributed by atoms with Crippen molar-refractivity contribution < 1.29 is 18.9 Å². The summed E-state index contributed by atoms with van der Waals surface area (Å²) < 4.78 is 0. The molecule has 1 aromatic carbocycles. The normalized spacial score (nSPS) is 9.54. The Morgan fingerprint density at radius 3 is 2.38 bits per heavy atom. The molecular formula is C21H27LiS2. The zero-order valence-corrected chi connectivity index (χ0v) is 17.0. The summed E-state index contributed by atoms with van der Waals surface area (Å²) in [5.41, 5.74) is 5.32. The van der Waals surface area contributed by atoms with Crippen molar-refractivity contribution in [2.24, 2.45) is 0 Å². The standard InChI is InChI=1S/C21H27S2.Li/c1-4-7-9-21(23-18-17-22-16-8-5-2)15-14-20-12-10-19(6-3)11-13-20;/h3,10-13H,4-5,7-9,16-18H2,1-2H3;/q-1;+1. The van der Waals surface area contributed by atoms with Crippen LogP contribution in [0.4, 0.5) is 0 Å². The Morgan fingerprint density at radius 2 is 1.75 bits per heavy atom. The number of benzene rings is 1. The fraction of sp³-hybridized carbons (Fsp3) is 0.476. The Hall–Kier alpha value is -0.403. The van der Waals surface area contributed by atoms with Crippen molar-refractivity contribution in [2.75, 3.05) is 17.3 Å². The second-order valence-corrected chi connectivity index (χ2v) is 7.73. The summed E-state index contributed by atoms with van der Waals surface area (Å²) >= 11 is 4.00. The first-order valence-electron chi connectivity index (χ1n) is 8.45. The van der Waals surface area contributed by atoms with Gasteiger partial charge < -0.3 is 0 Å². The summed E-state index contributed by atoms with van der Waals surface area (Å²) in [6.07, 6.45) is 14.8. The van der Waals surface area contributed by atoms with Crippen molar-refractivity contribution >= 4 is 23.5 Å². The van der Waals surface area contributed by atoms with E-state index in [-0.39, 0.29) is 18.9 Å². The van der Waals surface area contributed by atoms with E-state index in [1.807, 2.05) is 36.0 Å². The fourth-order valence-electron chi connectivity index (χ4n) is 1.87. The molecule has 0 N–H and O–H groups in total. The van der Waals surface area contributed by atoms with Gasteiger partial charge in [-0.3, -0.25) is 0 Å². The maximum Gasteiger partial charge on any atom is 1.00 e. The second-order valence-electron chi connectivity index (χ2n) is 5.31. The van der Waals surface area contributed by atoms with E-state index >= 15 is 0 Å². The van der Waals surface area contributed by atoms with Gasteiger partial charge in [0.25, 0.3) is 0 Å². The molecule has 0 aliphatic carbocycles. The molecule has 0 radical (unpaired) electrons. The summed E-state index contributed by atoms with van der Waals surface area (Å²) in [5.74, 6) is 6.31. The van der Waals surface area contributed by atoms with Crippen molar-refractivity contribution in [2.45, 2.75) is 46.0 Å². The number of unbranched alkanes of at least 4 members (excludes halogenated alkanes) is 2. The molecule has 0 heterocycles. The van der Waals surface area contributed by atoms with Gasteiger partial charge in [-0.1, -0.05) is 57.2 Å². The number of terminal acetylenes is 1. The van der Waals surface area contributed by atoms with E-state index in [1.54, 1.807) is 0 Å². The molecule has 0 aliphatic rings. The van der Waals surface area contributed by atoms with Gasteiger partial charge in [-0.05, 0) is 29.3 Å².